The maximum atomic E-state index is 6.31. The van der Waals surface area contributed by atoms with Crippen molar-refractivity contribution in [3.05, 3.63) is 150 Å². The number of benzene rings is 6. The molecule has 0 spiro atoms. The molecule has 7 aromatic rings. The van der Waals surface area contributed by atoms with Crippen LogP contribution in [0.25, 0.3) is 44.2 Å². The Morgan fingerprint density at radius 2 is 1.14 bits per heavy atom. The van der Waals surface area contributed by atoms with Gasteiger partial charge in [0.05, 0.1) is 0 Å². The monoisotopic (exact) mass is 561 g/mol. The van der Waals surface area contributed by atoms with Crippen LogP contribution < -0.4 is 4.90 Å². The normalized spacial score (nSPS) is 13.3. The van der Waals surface area contributed by atoms with Crippen LogP contribution in [0.2, 0.25) is 5.02 Å². The van der Waals surface area contributed by atoms with Crippen LogP contribution in [0.4, 0.5) is 17.1 Å². The number of hydrogen-bond donors (Lipinski definition) is 0. The van der Waals surface area contributed by atoms with E-state index in [9.17, 15) is 0 Å². The standard InChI is InChI=1S/C39H28ClNO/c1-39(2)35-9-5-3-7-31(35)32-21-20-30(24-36(32)39)41(29-18-14-27(40)15-19-29)28-16-11-25(12-17-28)26-13-22-38-34(23-26)33-8-4-6-10-37(33)42-38/h3-24H,1-2H3. The molecule has 0 amide bonds. The summed E-state index contributed by atoms with van der Waals surface area (Å²) < 4.78 is 6.05. The molecule has 0 fully saturated rings. The van der Waals surface area contributed by atoms with E-state index in [0.29, 0.717) is 0 Å². The van der Waals surface area contributed by atoms with E-state index >= 15 is 0 Å². The van der Waals surface area contributed by atoms with Gasteiger partial charge >= 0.3 is 0 Å². The summed E-state index contributed by atoms with van der Waals surface area (Å²) in [7, 11) is 0. The molecule has 2 nitrogen and oxygen atoms in total. The van der Waals surface area contributed by atoms with Gasteiger partial charge in [-0.25, -0.2) is 0 Å². The molecular formula is C39H28ClNO. The SMILES string of the molecule is CC1(C)c2ccccc2-c2ccc(N(c3ccc(Cl)cc3)c3ccc(-c4ccc5oc6ccccc6c5c4)cc3)cc21. The van der Waals surface area contributed by atoms with E-state index in [1.54, 1.807) is 0 Å². The quantitative estimate of drug-likeness (QED) is 0.212. The van der Waals surface area contributed by atoms with Crippen molar-refractivity contribution in [2.75, 3.05) is 4.90 Å². The predicted molar refractivity (Wildman–Crippen MR) is 176 cm³/mol. The predicted octanol–water partition coefficient (Wildman–Crippen LogP) is 11.7. The lowest BCUT2D eigenvalue weighted by molar-refractivity contribution is 0.660. The van der Waals surface area contributed by atoms with Crippen LogP contribution in [-0.2, 0) is 5.41 Å². The number of fused-ring (bicyclic) bond motifs is 6. The third kappa shape index (κ3) is 3.87. The minimum atomic E-state index is -0.0760. The molecule has 6 aromatic carbocycles. The topological polar surface area (TPSA) is 16.4 Å². The van der Waals surface area contributed by atoms with Crippen molar-refractivity contribution in [1.29, 1.82) is 0 Å². The molecule has 8 rings (SSSR count). The number of hydrogen-bond acceptors (Lipinski definition) is 2. The van der Waals surface area contributed by atoms with Gasteiger partial charge in [0.15, 0.2) is 0 Å². The van der Waals surface area contributed by atoms with Crippen molar-refractivity contribution >= 4 is 50.6 Å². The molecule has 1 aliphatic rings. The van der Waals surface area contributed by atoms with Gasteiger partial charge < -0.3 is 9.32 Å². The highest BCUT2D eigenvalue weighted by Crippen LogP contribution is 2.50. The van der Waals surface area contributed by atoms with Crippen LogP contribution in [0, 0.1) is 0 Å². The maximum Gasteiger partial charge on any atom is 0.135 e. The smallest absolute Gasteiger partial charge is 0.135 e. The van der Waals surface area contributed by atoms with Crippen molar-refractivity contribution in [2.24, 2.45) is 0 Å². The fraction of sp³-hybridized carbons (Fsp3) is 0.0769. The van der Waals surface area contributed by atoms with Gasteiger partial charge in [-0.2, -0.15) is 0 Å². The van der Waals surface area contributed by atoms with Crippen molar-refractivity contribution in [2.45, 2.75) is 19.3 Å². The number of rotatable bonds is 4. The average molecular weight is 562 g/mol. The first kappa shape index (κ1) is 25.0. The van der Waals surface area contributed by atoms with Crippen molar-refractivity contribution in [3.63, 3.8) is 0 Å². The molecular weight excluding hydrogens is 534 g/mol. The Hall–Kier alpha value is -4.79. The highest BCUT2D eigenvalue weighted by molar-refractivity contribution is 6.30. The first-order valence-corrected chi connectivity index (χ1v) is 14.7. The number of nitrogens with zero attached hydrogens (tertiary/aromatic N) is 1. The van der Waals surface area contributed by atoms with E-state index in [4.69, 9.17) is 16.0 Å². The van der Waals surface area contributed by atoms with Crippen LogP contribution in [0.5, 0.6) is 0 Å². The van der Waals surface area contributed by atoms with Crippen molar-refractivity contribution in [3.8, 4) is 22.3 Å². The zero-order valence-corrected chi connectivity index (χ0v) is 24.2. The lowest BCUT2D eigenvalue weighted by Crippen LogP contribution is -2.16. The maximum absolute atomic E-state index is 6.31. The largest absolute Gasteiger partial charge is 0.456 e. The van der Waals surface area contributed by atoms with Crippen molar-refractivity contribution in [1.82, 2.24) is 0 Å². The van der Waals surface area contributed by atoms with E-state index in [0.717, 1.165) is 55.2 Å². The van der Waals surface area contributed by atoms with Gasteiger partial charge in [0.25, 0.3) is 0 Å². The second-order valence-electron chi connectivity index (χ2n) is 11.6. The van der Waals surface area contributed by atoms with E-state index < -0.39 is 0 Å². The molecule has 0 saturated heterocycles. The summed E-state index contributed by atoms with van der Waals surface area (Å²) in [6, 6.07) is 47.2. The Balaban J connectivity index is 1.22. The Bertz CT molecular complexity index is 2120. The minimum Gasteiger partial charge on any atom is -0.456 e. The fourth-order valence-corrected chi connectivity index (χ4v) is 6.70. The number of furan rings is 1. The zero-order valence-electron chi connectivity index (χ0n) is 23.4. The van der Waals surface area contributed by atoms with E-state index in [1.165, 1.54) is 22.3 Å². The van der Waals surface area contributed by atoms with Gasteiger partial charge in [0.1, 0.15) is 11.2 Å². The van der Waals surface area contributed by atoms with Crippen LogP contribution in [0.1, 0.15) is 25.0 Å². The van der Waals surface area contributed by atoms with Gasteiger partial charge in [-0.15, -0.1) is 0 Å². The van der Waals surface area contributed by atoms with Gasteiger partial charge in [-0.3, -0.25) is 0 Å². The van der Waals surface area contributed by atoms with Gasteiger partial charge in [0, 0.05) is 38.3 Å². The van der Waals surface area contributed by atoms with Crippen LogP contribution in [-0.4, -0.2) is 0 Å². The van der Waals surface area contributed by atoms with Gasteiger partial charge in [-0.1, -0.05) is 92.2 Å². The highest BCUT2D eigenvalue weighted by Gasteiger charge is 2.35. The molecule has 0 atom stereocenters. The first-order chi connectivity index (χ1) is 20.5. The molecule has 0 saturated carbocycles. The molecule has 1 aliphatic carbocycles. The Morgan fingerprint density at radius 1 is 0.524 bits per heavy atom. The van der Waals surface area contributed by atoms with E-state index in [2.05, 4.69) is 128 Å². The lowest BCUT2D eigenvalue weighted by atomic mass is 9.82. The van der Waals surface area contributed by atoms with Crippen LogP contribution in [0.15, 0.2) is 138 Å². The summed E-state index contributed by atoms with van der Waals surface area (Å²) in [6.45, 7) is 4.64. The van der Waals surface area contributed by atoms with Crippen LogP contribution >= 0.6 is 11.6 Å². The summed E-state index contributed by atoms with van der Waals surface area (Å²) >= 11 is 6.31. The molecule has 3 heteroatoms. The fourth-order valence-electron chi connectivity index (χ4n) is 6.58. The number of para-hydroxylation sites is 1. The molecule has 1 heterocycles. The number of anilines is 3. The summed E-state index contributed by atoms with van der Waals surface area (Å²) in [5.74, 6) is 0. The average Bonchev–Trinajstić information content (AvgIpc) is 3.50. The van der Waals surface area contributed by atoms with Gasteiger partial charge in [-0.05, 0) is 100 Å². The molecule has 0 unspecified atom stereocenters. The minimum absolute atomic E-state index is 0.0760. The molecule has 0 radical (unpaired) electrons. The second-order valence-corrected chi connectivity index (χ2v) is 12.0. The summed E-state index contributed by atoms with van der Waals surface area (Å²) in [5.41, 5.74) is 12.7. The third-order valence-corrected chi connectivity index (χ3v) is 9.00. The first-order valence-electron chi connectivity index (χ1n) is 14.3. The zero-order chi connectivity index (χ0) is 28.4. The summed E-state index contributed by atoms with van der Waals surface area (Å²) in [6.07, 6.45) is 0. The molecule has 0 aliphatic heterocycles. The van der Waals surface area contributed by atoms with E-state index in [-0.39, 0.29) is 5.41 Å². The Kier molecular flexibility index (Phi) is 5.57. The summed E-state index contributed by atoms with van der Waals surface area (Å²) in [5, 5.41) is 3.00. The molecule has 0 N–H and O–H groups in total. The van der Waals surface area contributed by atoms with Crippen LogP contribution in [0.3, 0.4) is 0 Å². The summed E-state index contributed by atoms with van der Waals surface area (Å²) in [4.78, 5) is 2.31. The Morgan fingerprint density at radius 3 is 1.95 bits per heavy atom. The third-order valence-electron chi connectivity index (χ3n) is 8.75. The lowest BCUT2D eigenvalue weighted by Gasteiger charge is -2.28. The van der Waals surface area contributed by atoms with E-state index in [1.807, 2.05) is 24.3 Å². The Labute approximate surface area is 250 Å². The molecule has 202 valence electrons. The second kappa shape index (κ2) is 9.37. The highest BCUT2D eigenvalue weighted by atomic mass is 35.5. The molecule has 0 bridgehead atoms. The van der Waals surface area contributed by atoms with Gasteiger partial charge in [0.2, 0.25) is 0 Å². The van der Waals surface area contributed by atoms with Crippen molar-refractivity contribution < 1.29 is 4.42 Å². The number of halogens is 1. The molecule has 1 aromatic heterocycles. The molecule has 42 heavy (non-hydrogen) atoms.